The van der Waals surface area contributed by atoms with E-state index in [9.17, 15) is 0 Å². The predicted octanol–water partition coefficient (Wildman–Crippen LogP) is 2.15. The number of hydrogen-bond donors (Lipinski definition) is 2. The van der Waals surface area contributed by atoms with E-state index in [4.69, 9.17) is 4.74 Å². The maximum absolute atomic E-state index is 5.08. The van der Waals surface area contributed by atoms with Crippen molar-refractivity contribution in [2.45, 2.75) is 24.1 Å². The van der Waals surface area contributed by atoms with Gasteiger partial charge in [-0.2, -0.15) is 0 Å². The van der Waals surface area contributed by atoms with Gasteiger partial charge in [-0.1, -0.05) is 11.8 Å². The molecule has 0 aliphatic carbocycles. The summed E-state index contributed by atoms with van der Waals surface area (Å²) in [7, 11) is 3.88. The van der Waals surface area contributed by atoms with E-state index in [0.717, 1.165) is 68.2 Å². The number of methoxy groups -OCH3 is 1. The summed E-state index contributed by atoms with van der Waals surface area (Å²) in [5.74, 6) is 1.96. The van der Waals surface area contributed by atoms with Crippen LogP contribution in [0.1, 0.15) is 19.8 Å². The summed E-state index contributed by atoms with van der Waals surface area (Å²) in [6, 6.07) is 0. The summed E-state index contributed by atoms with van der Waals surface area (Å²) < 4.78 is 6.22. The number of hydrogen-bond acceptors (Lipinski definition) is 6. The lowest BCUT2D eigenvalue weighted by atomic mass is 10.4. The molecule has 138 valence electrons. The lowest BCUT2D eigenvalue weighted by Crippen LogP contribution is -2.41. The van der Waals surface area contributed by atoms with E-state index in [1.807, 2.05) is 11.6 Å². The average Bonchev–Trinajstić information content (AvgIpc) is 3.08. The minimum absolute atomic E-state index is 0.820. The average molecular weight is 374 g/mol. The van der Waals surface area contributed by atoms with Crippen LogP contribution in [0.2, 0.25) is 0 Å². The molecular formula is C16H31N5OS2. The van der Waals surface area contributed by atoms with Gasteiger partial charge in [-0.3, -0.25) is 4.99 Å². The van der Waals surface area contributed by atoms with Crippen molar-refractivity contribution in [1.82, 2.24) is 20.5 Å². The highest BCUT2D eigenvalue weighted by molar-refractivity contribution is 8.00. The van der Waals surface area contributed by atoms with E-state index < -0.39 is 0 Å². The standard InChI is InChI=1S/C16H31N5OS2/c1-4-17-15(19-8-11-21(2)10-6-12-22-3)18-7-5-13-23-16-20-9-14-24-16/h9,14H,4-8,10-13H2,1-3H3,(H2,17,18,19). The number of ether oxygens (including phenoxy) is 1. The molecule has 1 rings (SSSR count). The third-order valence-corrected chi connectivity index (χ3v) is 5.28. The van der Waals surface area contributed by atoms with Crippen molar-refractivity contribution in [3.8, 4) is 0 Å². The van der Waals surface area contributed by atoms with E-state index in [2.05, 4.69) is 39.5 Å². The second-order valence-electron chi connectivity index (χ2n) is 5.34. The molecule has 0 fully saturated rings. The van der Waals surface area contributed by atoms with Gasteiger partial charge < -0.3 is 20.3 Å². The molecule has 0 aromatic carbocycles. The molecule has 1 heterocycles. The van der Waals surface area contributed by atoms with Gasteiger partial charge in [-0.15, -0.1) is 11.3 Å². The van der Waals surface area contributed by atoms with Crippen molar-refractivity contribution in [3.05, 3.63) is 11.6 Å². The fraction of sp³-hybridized carbons (Fsp3) is 0.750. The third kappa shape index (κ3) is 10.9. The van der Waals surface area contributed by atoms with Crippen LogP contribution in [-0.2, 0) is 4.74 Å². The number of likely N-dealkylation sites (N-methyl/N-ethyl adjacent to an activating group) is 1. The van der Waals surface area contributed by atoms with E-state index in [-0.39, 0.29) is 0 Å². The highest BCUT2D eigenvalue weighted by atomic mass is 32.2. The molecule has 0 spiro atoms. The van der Waals surface area contributed by atoms with Gasteiger partial charge in [0.2, 0.25) is 0 Å². The number of thiazole rings is 1. The second-order valence-corrected chi connectivity index (χ2v) is 7.57. The fourth-order valence-electron chi connectivity index (χ4n) is 1.99. The van der Waals surface area contributed by atoms with Crippen LogP contribution < -0.4 is 10.6 Å². The molecule has 24 heavy (non-hydrogen) atoms. The Morgan fingerprint density at radius 3 is 2.96 bits per heavy atom. The first kappa shape index (κ1) is 21.2. The van der Waals surface area contributed by atoms with Crippen molar-refractivity contribution in [2.24, 2.45) is 4.99 Å². The highest BCUT2D eigenvalue weighted by Crippen LogP contribution is 2.20. The largest absolute Gasteiger partial charge is 0.385 e. The van der Waals surface area contributed by atoms with Crippen LogP contribution in [0, 0.1) is 0 Å². The van der Waals surface area contributed by atoms with Gasteiger partial charge in [0, 0.05) is 63.8 Å². The molecule has 8 heteroatoms. The lowest BCUT2D eigenvalue weighted by molar-refractivity contribution is 0.180. The summed E-state index contributed by atoms with van der Waals surface area (Å²) in [5, 5.41) is 8.71. The molecule has 0 atom stereocenters. The Hall–Kier alpha value is -0.830. The van der Waals surface area contributed by atoms with E-state index in [0.29, 0.717) is 0 Å². The van der Waals surface area contributed by atoms with Crippen LogP contribution in [-0.4, -0.2) is 75.1 Å². The summed E-state index contributed by atoms with van der Waals surface area (Å²) in [6.45, 7) is 7.56. The molecule has 0 unspecified atom stereocenters. The molecule has 0 aliphatic heterocycles. The molecule has 0 radical (unpaired) electrons. The Morgan fingerprint density at radius 2 is 2.25 bits per heavy atom. The predicted molar refractivity (Wildman–Crippen MR) is 105 cm³/mol. The summed E-state index contributed by atoms with van der Waals surface area (Å²) in [4.78, 5) is 11.2. The molecule has 0 aliphatic rings. The Bertz CT molecular complexity index is 428. The van der Waals surface area contributed by atoms with Crippen LogP contribution >= 0.6 is 23.1 Å². The minimum Gasteiger partial charge on any atom is -0.385 e. The van der Waals surface area contributed by atoms with Gasteiger partial charge in [-0.25, -0.2) is 4.98 Å². The van der Waals surface area contributed by atoms with Crippen molar-refractivity contribution in [2.75, 3.05) is 59.2 Å². The van der Waals surface area contributed by atoms with E-state index in [1.54, 1.807) is 30.2 Å². The number of nitrogens with one attached hydrogen (secondary N) is 2. The van der Waals surface area contributed by atoms with Gasteiger partial charge in [0.1, 0.15) is 4.34 Å². The first-order valence-electron chi connectivity index (χ1n) is 8.48. The van der Waals surface area contributed by atoms with Crippen LogP contribution in [0.3, 0.4) is 0 Å². The van der Waals surface area contributed by atoms with Crippen LogP contribution in [0.15, 0.2) is 20.9 Å². The molecule has 0 bridgehead atoms. The Labute approximate surface area is 154 Å². The van der Waals surface area contributed by atoms with Gasteiger partial charge >= 0.3 is 0 Å². The molecule has 6 nitrogen and oxygen atoms in total. The summed E-state index contributed by atoms with van der Waals surface area (Å²) in [5.41, 5.74) is 0. The van der Waals surface area contributed by atoms with Crippen LogP contribution in [0.5, 0.6) is 0 Å². The van der Waals surface area contributed by atoms with Crippen molar-refractivity contribution in [1.29, 1.82) is 0 Å². The molecule has 2 N–H and O–H groups in total. The number of aliphatic imine (C=N–C) groups is 1. The zero-order valence-corrected chi connectivity index (χ0v) is 16.7. The molecule has 1 aromatic rings. The zero-order valence-electron chi connectivity index (χ0n) is 15.1. The maximum Gasteiger partial charge on any atom is 0.191 e. The highest BCUT2D eigenvalue weighted by Gasteiger charge is 2.01. The molecule has 0 saturated carbocycles. The zero-order chi connectivity index (χ0) is 17.5. The number of guanidine groups is 1. The number of nitrogens with zero attached hydrogens (tertiary/aromatic N) is 3. The van der Waals surface area contributed by atoms with E-state index >= 15 is 0 Å². The number of aromatic nitrogens is 1. The van der Waals surface area contributed by atoms with Gasteiger partial charge in [-0.05, 0) is 26.8 Å². The Balaban J connectivity index is 2.14. The number of rotatable bonds is 13. The monoisotopic (exact) mass is 373 g/mol. The smallest absolute Gasteiger partial charge is 0.191 e. The van der Waals surface area contributed by atoms with Crippen molar-refractivity contribution >= 4 is 29.1 Å². The van der Waals surface area contributed by atoms with Gasteiger partial charge in [0.05, 0.1) is 0 Å². The summed E-state index contributed by atoms with van der Waals surface area (Å²) >= 11 is 3.50. The minimum atomic E-state index is 0.820. The Morgan fingerprint density at radius 1 is 1.38 bits per heavy atom. The van der Waals surface area contributed by atoms with Gasteiger partial charge in [0.15, 0.2) is 5.96 Å². The number of thioether (sulfide) groups is 1. The lowest BCUT2D eigenvalue weighted by Gasteiger charge is -2.18. The van der Waals surface area contributed by atoms with Crippen molar-refractivity contribution in [3.63, 3.8) is 0 Å². The molecule has 1 aromatic heterocycles. The van der Waals surface area contributed by atoms with E-state index in [1.165, 1.54) is 0 Å². The molecular weight excluding hydrogens is 342 g/mol. The maximum atomic E-state index is 5.08. The van der Waals surface area contributed by atoms with Crippen LogP contribution in [0.4, 0.5) is 0 Å². The fourth-order valence-corrected chi connectivity index (χ4v) is 3.63. The topological polar surface area (TPSA) is 61.8 Å². The quantitative estimate of drug-likeness (QED) is 0.239. The summed E-state index contributed by atoms with van der Waals surface area (Å²) in [6.07, 6.45) is 3.97. The molecule has 0 amide bonds. The first-order valence-corrected chi connectivity index (χ1v) is 10.3. The second kappa shape index (κ2) is 14.5. The van der Waals surface area contributed by atoms with Crippen molar-refractivity contribution < 1.29 is 4.74 Å². The SMILES string of the molecule is CCNC(=NCCCSc1nccs1)NCCN(C)CCCOC. The third-order valence-electron chi connectivity index (χ3n) is 3.23. The van der Waals surface area contributed by atoms with Crippen LogP contribution in [0.25, 0.3) is 0 Å². The Kier molecular flexibility index (Phi) is 12.8. The molecule has 0 saturated heterocycles. The first-order chi connectivity index (χ1) is 11.8. The normalized spacial score (nSPS) is 11.9. The van der Waals surface area contributed by atoms with Gasteiger partial charge in [0.25, 0.3) is 0 Å².